The number of hydrogen-bond acceptors (Lipinski definition) is 2. The van der Waals surface area contributed by atoms with Crippen LogP contribution in [0.2, 0.25) is 0 Å². The van der Waals surface area contributed by atoms with E-state index in [2.05, 4.69) is 5.32 Å². The maximum Gasteiger partial charge on any atom is 0.417 e. The molecule has 0 aliphatic carbocycles. The normalized spacial score (nSPS) is 18.3. The summed E-state index contributed by atoms with van der Waals surface area (Å²) in [4.78, 5) is 11.6. The van der Waals surface area contributed by atoms with Crippen molar-refractivity contribution < 1.29 is 13.2 Å². The maximum absolute atomic E-state index is 12.5. The molecule has 1 aromatic rings. The Bertz CT molecular complexity index is 447. The van der Waals surface area contributed by atoms with Gasteiger partial charge in [0.2, 0.25) is 0 Å². The van der Waals surface area contributed by atoms with Crippen molar-refractivity contribution in [1.29, 1.82) is 0 Å². The molecule has 1 aliphatic heterocycles. The second-order valence-corrected chi connectivity index (χ2v) is 4.14. The van der Waals surface area contributed by atoms with E-state index in [1.807, 2.05) is 0 Å². The molecule has 6 heteroatoms. The predicted molar refractivity (Wildman–Crippen MR) is 56.8 cm³/mol. The van der Waals surface area contributed by atoms with Gasteiger partial charge in [-0.15, -0.1) is 0 Å². The molecule has 1 N–H and O–H groups in total. The zero-order chi connectivity index (χ0) is 12.5. The Morgan fingerprint density at radius 3 is 2.47 bits per heavy atom. The molecule has 1 aromatic heterocycles. The fourth-order valence-corrected chi connectivity index (χ4v) is 2.04. The first-order chi connectivity index (χ1) is 7.98. The van der Waals surface area contributed by atoms with Crippen LogP contribution in [0, 0.1) is 0 Å². The topological polar surface area (TPSA) is 34.0 Å². The summed E-state index contributed by atoms with van der Waals surface area (Å²) in [5.74, 6) is 0. The van der Waals surface area contributed by atoms with Gasteiger partial charge in [-0.25, -0.2) is 0 Å². The molecule has 17 heavy (non-hydrogen) atoms. The van der Waals surface area contributed by atoms with Gasteiger partial charge >= 0.3 is 6.18 Å². The first-order valence-electron chi connectivity index (χ1n) is 5.48. The molecule has 2 rings (SSSR count). The Labute approximate surface area is 96.3 Å². The van der Waals surface area contributed by atoms with Crippen LogP contribution in [0.4, 0.5) is 13.2 Å². The lowest BCUT2D eigenvalue weighted by molar-refractivity contribution is -0.138. The highest BCUT2D eigenvalue weighted by Gasteiger charge is 2.31. The lowest BCUT2D eigenvalue weighted by Crippen LogP contribution is -2.34. The monoisotopic (exact) mass is 246 g/mol. The summed E-state index contributed by atoms with van der Waals surface area (Å²) in [7, 11) is 0. The molecule has 0 spiro atoms. The van der Waals surface area contributed by atoms with Gasteiger partial charge in [-0.3, -0.25) is 4.79 Å². The number of alkyl halides is 3. The van der Waals surface area contributed by atoms with Gasteiger partial charge in [-0.1, -0.05) is 0 Å². The van der Waals surface area contributed by atoms with Crippen molar-refractivity contribution in [2.75, 3.05) is 13.1 Å². The molecule has 0 aromatic carbocycles. The molecule has 0 saturated carbocycles. The minimum atomic E-state index is -4.40. The molecule has 0 amide bonds. The van der Waals surface area contributed by atoms with Gasteiger partial charge in [0, 0.05) is 18.3 Å². The molecule has 2 heterocycles. The summed E-state index contributed by atoms with van der Waals surface area (Å²) in [5, 5.41) is 3.11. The van der Waals surface area contributed by atoms with Crippen molar-refractivity contribution in [3.05, 3.63) is 34.2 Å². The van der Waals surface area contributed by atoms with Gasteiger partial charge in [-0.05, 0) is 32.0 Å². The number of halogens is 3. The first kappa shape index (κ1) is 12.2. The Kier molecular flexibility index (Phi) is 3.24. The molecular weight excluding hydrogens is 233 g/mol. The third-order valence-electron chi connectivity index (χ3n) is 2.97. The van der Waals surface area contributed by atoms with Crippen LogP contribution in [0.5, 0.6) is 0 Å². The van der Waals surface area contributed by atoms with E-state index in [9.17, 15) is 18.0 Å². The number of pyridine rings is 1. The van der Waals surface area contributed by atoms with Gasteiger partial charge in [0.1, 0.15) is 0 Å². The zero-order valence-electron chi connectivity index (χ0n) is 9.13. The third kappa shape index (κ3) is 2.69. The third-order valence-corrected chi connectivity index (χ3v) is 2.97. The molecular formula is C11H13F3N2O. The predicted octanol–water partition coefficient (Wildman–Crippen LogP) is 1.79. The summed E-state index contributed by atoms with van der Waals surface area (Å²) in [5.41, 5.74) is -1.14. The van der Waals surface area contributed by atoms with E-state index in [-0.39, 0.29) is 11.6 Å². The Morgan fingerprint density at radius 2 is 1.88 bits per heavy atom. The average Bonchev–Trinajstić information content (AvgIpc) is 2.29. The van der Waals surface area contributed by atoms with Crippen LogP contribution >= 0.6 is 0 Å². The SMILES string of the molecule is O=c1ccc(C(F)(F)F)cn1C1CCNCC1. The van der Waals surface area contributed by atoms with Crippen molar-refractivity contribution in [2.45, 2.75) is 25.1 Å². The van der Waals surface area contributed by atoms with E-state index in [1.54, 1.807) is 0 Å². The maximum atomic E-state index is 12.5. The zero-order valence-corrected chi connectivity index (χ0v) is 9.13. The first-order valence-corrected chi connectivity index (χ1v) is 5.48. The minimum absolute atomic E-state index is 0.133. The van der Waals surface area contributed by atoms with E-state index in [0.29, 0.717) is 12.8 Å². The molecule has 0 unspecified atom stereocenters. The van der Waals surface area contributed by atoms with Crippen LogP contribution in [-0.2, 0) is 6.18 Å². The second kappa shape index (κ2) is 4.52. The number of nitrogens with zero attached hydrogens (tertiary/aromatic N) is 1. The van der Waals surface area contributed by atoms with Gasteiger partial charge in [0.25, 0.3) is 5.56 Å². The molecule has 0 atom stereocenters. The van der Waals surface area contributed by atoms with E-state index >= 15 is 0 Å². The van der Waals surface area contributed by atoms with E-state index in [4.69, 9.17) is 0 Å². The van der Waals surface area contributed by atoms with Crippen molar-refractivity contribution >= 4 is 0 Å². The summed E-state index contributed by atoms with van der Waals surface area (Å²) >= 11 is 0. The smallest absolute Gasteiger partial charge is 0.317 e. The van der Waals surface area contributed by atoms with Gasteiger partial charge in [0.05, 0.1) is 5.56 Å². The molecule has 3 nitrogen and oxygen atoms in total. The van der Waals surface area contributed by atoms with Crippen molar-refractivity contribution in [3.8, 4) is 0 Å². The second-order valence-electron chi connectivity index (χ2n) is 4.14. The minimum Gasteiger partial charge on any atom is -0.317 e. The van der Waals surface area contributed by atoms with Crippen LogP contribution < -0.4 is 10.9 Å². The van der Waals surface area contributed by atoms with Crippen molar-refractivity contribution in [3.63, 3.8) is 0 Å². The molecule has 94 valence electrons. The summed E-state index contributed by atoms with van der Waals surface area (Å²) in [6, 6.07) is 1.69. The van der Waals surface area contributed by atoms with Crippen LogP contribution in [0.1, 0.15) is 24.4 Å². The number of piperidine rings is 1. The highest BCUT2D eigenvalue weighted by Crippen LogP contribution is 2.29. The number of nitrogens with one attached hydrogen (secondary N) is 1. The Morgan fingerprint density at radius 1 is 1.24 bits per heavy atom. The molecule has 0 bridgehead atoms. The van der Waals surface area contributed by atoms with Crippen molar-refractivity contribution in [2.24, 2.45) is 0 Å². The summed E-state index contributed by atoms with van der Waals surface area (Å²) in [6.45, 7) is 1.46. The summed E-state index contributed by atoms with van der Waals surface area (Å²) in [6.07, 6.45) is -2.11. The molecule has 1 fully saturated rings. The highest BCUT2D eigenvalue weighted by atomic mass is 19.4. The largest absolute Gasteiger partial charge is 0.417 e. The van der Waals surface area contributed by atoms with Gasteiger partial charge in [0.15, 0.2) is 0 Å². The van der Waals surface area contributed by atoms with Crippen LogP contribution in [0.25, 0.3) is 0 Å². The van der Waals surface area contributed by atoms with Crippen LogP contribution in [-0.4, -0.2) is 17.7 Å². The number of rotatable bonds is 1. The van der Waals surface area contributed by atoms with E-state index < -0.39 is 11.7 Å². The van der Waals surface area contributed by atoms with E-state index in [1.165, 1.54) is 4.57 Å². The quantitative estimate of drug-likeness (QED) is 0.819. The standard InChI is InChI=1S/C11H13F3N2O/c12-11(13,14)8-1-2-10(17)16(7-8)9-3-5-15-6-4-9/h1-2,7,9,15H,3-6H2. The van der Waals surface area contributed by atoms with Gasteiger partial charge in [-0.2, -0.15) is 13.2 Å². The molecule has 0 radical (unpaired) electrons. The van der Waals surface area contributed by atoms with E-state index in [0.717, 1.165) is 31.4 Å². The Hall–Kier alpha value is -1.30. The summed E-state index contributed by atoms with van der Waals surface area (Å²) < 4.78 is 38.8. The average molecular weight is 246 g/mol. The van der Waals surface area contributed by atoms with Crippen LogP contribution in [0.15, 0.2) is 23.1 Å². The fraction of sp³-hybridized carbons (Fsp3) is 0.545. The highest BCUT2D eigenvalue weighted by molar-refractivity contribution is 5.14. The number of aromatic nitrogens is 1. The fourth-order valence-electron chi connectivity index (χ4n) is 2.04. The van der Waals surface area contributed by atoms with Crippen molar-refractivity contribution in [1.82, 2.24) is 9.88 Å². The lowest BCUT2D eigenvalue weighted by Gasteiger charge is -2.25. The lowest BCUT2D eigenvalue weighted by atomic mass is 10.1. The van der Waals surface area contributed by atoms with Gasteiger partial charge < -0.3 is 9.88 Å². The Balaban J connectivity index is 2.35. The number of hydrogen-bond donors (Lipinski definition) is 1. The molecule has 1 saturated heterocycles. The van der Waals surface area contributed by atoms with Crippen LogP contribution in [0.3, 0.4) is 0 Å². The molecule has 1 aliphatic rings.